The van der Waals surface area contributed by atoms with Crippen molar-refractivity contribution in [1.82, 2.24) is 10.2 Å². The van der Waals surface area contributed by atoms with Gasteiger partial charge in [-0.2, -0.15) is 0 Å². The average molecular weight is 537 g/mol. The first-order chi connectivity index (χ1) is 16.7. The van der Waals surface area contributed by atoms with Crippen molar-refractivity contribution >= 4 is 69.9 Å². The number of nitrogens with zero attached hydrogens (tertiary/aromatic N) is 3. The third kappa shape index (κ3) is 6.91. The minimum atomic E-state index is -0.611. The van der Waals surface area contributed by atoms with Gasteiger partial charge in [-0.15, -0.1) is 0 Å². The standard InChI is InChI=1S/C23H22Cl2N4O5S/c1-2-34-22(31)16-4-7-19(20(13-16)29(32)33)27-9-11-28(12-10-27)23(35)26-21(30)8-5-15-3-6-17(24)14-18(15)25/h3-8,13-14H,2,9-12H2,1H3,(H,26,30,35)/b8-5+. The van der Waals surface area contributed by atoms with Crippen LogP contribution in [0, 0.1) is 10.1 Å². The molecule has 1 N–H and O–H groups in total. The Morgan fingerprint density at radius 1 is 1.17 bits per heavy atom. The highest BCUT2D eigenvalue weighted by Crippen LogP contribution is 2.30. The van der Waals surface area contributed by atoms with Crippen LogP contribution in [0.25, 0.3) is 6.08 Å². The maximum Gasteiger partial charge on any atom is 0.338 e. The van der Waals surface area contributed by atoms with E-state index >= 15 is 0 Å². The molecule has 2 aromatic carbocycles. The number of ether oxygens (including phenoxy) is 1. The van der Waals surface area contributed by atoms with E-state index in [1.165, 1.54) is 18.2 Å². The number of piperazine rings is 1. The Hall–Kier alpha value is -3.21. The minimum Gasteiger partial charge on any atom is -0.462 e. The van der Waals surface area contributed by atoms with Crippen LogP contribution in [0.1, 0.15) is 22.8 Å². The third-order valence-electron chi connectivity index (χ3n) is 5.20. The molecule has 0 bridgehead atoms. The highest BCUT2D eigenvalue weighted by Gasteiger charge is 2.26. The highest BCUT2D eigenvalue weighted by molar-refractivity contribution is 7.80. The molecule has 12 heteroatoms. The van der Waals surface area contributed by atoms with Crippen LogP contribution in [0.3, 0.4) is 0 Å². The number of rotatable bonds is 6. The number of hydrogen-bond donors (Lipinski definition) is 1. The van der Waals surface area contributed by atoms with E-state index in [0.29, 0.717) is 47.5 Å². The Morgan fingerprint density at radius 3 is 2.51 bits per heavy atom. The molecule has 0 aliphatic carbocycles. The first kappa shape index (κ1) is 26.4. The largest absolute Gasteiger partial charge is 0.462 e. The number of nitro benzene ring substituents is 1. The number of benzene rings is 2. The highest BCUT2D eigenvalue weighted by atomic mass is 35.5. The number of anilines is 1. The zero-order valence-electron chi connectivity index (χ0n) is 18.7. The van der Waals surface area contributed by atoms with Gasteiger partial charge in [-0.1, -0.05) is 29.3 Å². The van der Waals surface area contributed by atoms with E-state index in [9.17, 15) is 19.7 Å². The summed E-state index contributed by atoms with van der Waals surface area (Å²) in [5, 5.41) is 15.4. The van der Waals surface area contributed by atoms with Crippen molar-refractivity contribution in [2.24, 2.45) is 0 Å². The molecule has 1 fully saturated rings. The molecule has 0 aromatic heterocycles. The zero-order chi connectivity index (χ0) is 25.5. The van der Waals surface area contributed by atoms with Gasteiger partial charge in [0, 0.05) is 48.4 Å². The Morgan fingerprint density at radius 2 is 1.89 bits per heavy atom. The second-order valence-electron chi connectivity index (χ2n) is 7.45. The fourth-order valence-electron chi connectivity index (χ4n) is 3.46. The van der Waals surface area contributed by atoms with E-state index in [-0.39, 0.29) is 23.0 Å². The van der Waals surface area contributed by atoms with Gasteiger partial charge in [0.25, 0.3) is 5.69 Å². The first-order valence-corrected chi connectivity index (χ1v) is 11.8. The van der Waals surface area contributed by atoms with Gasteiger partial charge in [0.1, 0.15) is 5.69 Å². The van der Waals surface area contributed by atoms with Crippen LogP contribution < -0.4 is 10.2 Å². The van der Waals surface area contributed by atoms with E-state index in [1.54, 1.807) is 37.3 Å². The fraction of sp³-hybridized carbons (Fsp3) is 0.261. The molecular formula is C23H22Cl2N4O5S. The summed E-state index contributed by atoms with van der Waals surface area (Å²) in [6.45, 7) is 3.61. The number of hydrogen-bond acceptors (Lipinski definition) is 7. The number of carbonyl (C=O) groups is 2. The van der Waals surface area contributed by atoms with Crippen molar-refractivity contribution in [2.75, 3.05) is 37.7 Å². The molecule has 0 spiro atoms. The Bertz CT molecular complexity index is 1180. The Balaban J connectivity index is 1.59. The van der Waals surface area contributed by atoms with Crippen LogP contribution in [-0.2, 0) is 9.53 Å². The van der Waals surface area contributed by atoms with Crippen LogP contribution in [-0.4, -0.2) is 59.6 Å². The molecular weight excluding hydrogens is 515 g/mol. The molecule has 1 heterocycles. The zero-order valence-corrected chi connectivity index (χ0v) is 21.0. The van der Waals surface area contributed by atoms with Crippen molar-refractivity contribution in [2.45, 2.75) is 6.92 Å². The summed E-state index contributed by atoms with van der Waals surface area (Å²) in [4.78, 5) is 39.0. The molecule has 3 rings (SSSR count). The van der Waals surface area contributed by atoms with Crippen LogP contribution in [0.5, 0.6) is 0 Å². The number of amides is 1. The Labute approximate surface area is 217 Å². The van der Waals surface area contributed by atoms with Crippen LogP contribution in [0.2, 0.25) is 10.0 Å². The van der Waals surface area contributed by atoms with E-state index in [1.807, 2.05) is 9.80 Å². The predicted molar refractivity (Wildman–Crippen MR) is 139 cm³/mol. The Kier molecular flexibility index (Phi) is 9.02. The second kappa shape index (κ2) is 12.0. The van der Waals surface area contributed by atoms with Gasteiger partial charge >= 0.3 is 5.97 Å². The molecule has 0 unspecified atom stereocenters. The summed E-state index contributed by atoms with van der Waals surface area (Å²) >= 11 is 17.3. The molecule has 0 saturated carbocycles. The first-order valence-electron chi connectivity index (χ1n) is 10.6. The van der Waals surface area contributed by atoms with Gasteiger partial charge in [0.15, 0.2) is 5.11 Å². The summed E-state index contributed by atoms with van der Waals surface area (Å²) in [5.74, 6) is -1.02. The number of nitrogens with one attached hydrogen (secondary N) is 1. The van der Waals surface area contributed by atoms with Crippen molar-refractivity contribution in [1.29, 1.82) is 0 Å². The molecule has 1 aliphatic rings. The van der Waals surface area contributed by atoms with Crippen LogP contribution >= 0.6 is 35.4 Å². The average Bonchev–Trinajstić information content (AvgIpc) is 2.83. The SMILES string of the molecule is CCOC(=O)c1ccc(N2CCN(C(=S)NC(=O)/C=C/c3ccc(Cl)cc3Cl)CC2)c([N+](=O)[O-])c1. The second-order valence-corrected chi connectivity index (χ2v) is 8.68. The molecule has 0 atom stereocenters. The molecule has 1 amide bonds. The maximum absolute atomic E-state index is 12.3. The smallest absolute Gasteiger partial charge is 0.338 e. The summed E-state index contributed by atoms with van der Waals surface area (Å²) in [6.07, 6.45) is 2.89. The number of halogens is 2. The van der Waals surface area contributed by atoms with Gasteiger partial charge in [-0.25, -0.2) is 4.79 Å². The maximum atomic E-state index is 12.3. The predicted octanol–water partition coefficient (Wildman–Crippen LogP) is 4.31. The van der Waals surface area contributed by atoms with Crippen LogP contribution in [0.15, 0.2) is 42.5 Å². The summed E-state index contributed by atoms with van der Waals surface area (Å²) in [5.41, 5.74) is 0.991. The van der Waals surface area contributed by atoms with Crippen molar-refractivity contribution in [3.63, 3.8) is 0 Å². The summed E-state index contributed by atoms with van der Waals surface area (Å²) in [7, 11) is 0. The summed E-state index contributed by atoms with van der Waals surface area (Å²) < 4.78 is 4.93. The lowest BCUT2D eigenvalue weighted by Gasteiger charge is -2.36. The lowest BCUT2D eigenvalue weighted by Crippen LogP contribution is -2.52. The number of nitro groups is 1. The quantitative estimate of drug-likeness (QED) is 0.191. The van der Waals surface area contributed by atoms with Gasteiger partial charge in [0.2, 0.25) is 5.91 Å². The molecule has 184 valence electrons. The number of thiocarbonyl (C=S) groups is 1. The fourth-order valence-corrected chi connectivity index (χ4v) is 4.21. The number of carbonyl (C=O) groups excluding carboxylic acids is 2. The van der Waals surface area contributed by atoms with E-state index < -0.39 is 16.8 Å². The molecule has 0 radical (unpaired) electrons. The van der Waals surface area contributed by atoms with Crippen LogP contribution in [0.4, 0.5) is 11.4 Å². The number of esters is 1. The monoisotopic (exact) mass is 536 g/mol. The molecule has 35 heavy (non-hydrogen) atoms. The van der Waals surface area contributed by atoms with Gasteiger partial charge in [-0.05, 0) is 55.0 Å². The molecule has 1 aliphatic heterocycles. The lowest BCUT2D eigenvalue weighted by atomic mass is 10.1. The van der Waals surface area contributed by atoms with Gasteiger partial charge in [-0.3, -0.25) is 20.2 Å². The lowest BCUT2D eigenvalue weighted by molar-refractivity contribution is -0.384. The van der Waals surface area contributed by atoms with Crippen molar-refractivity contribution in [3.8, 4) is 0 Å². The van der Waals surface area contributed by atoms with E-state index in [2.05, 4.69) is 5.32 Å². The van der Waals surface area contributed by atoms with Gasteiger partial charge < -0.3 is 14.5 Å². The molecule has 1 saturated heterocycles. The van der Waals surface area contributed by atoms with E-state index in [4.69, 9.17) is 40.2 Å². The van der Waals surface area contributed by atoms with Gasteiger partial charge in [0.05, 0.1) is 17.1 Å². The third-order valence-corrected chi connectivity index (χ3v) is 6.12. The summed E-state index contributed by atoms with van der Waals surface area (Å²) in [6, 6.07) is 9.24. The normalized spacial score (nSPS) is 13.6. The van der Waals surface area contributed by atoms with Crippen molar-refractivity contribution in [3.05, 3.63) is 73.8 Å². The topological polar surface area (TPSA) is 105 Å². The van der Waals surface area contributed by atoms with E-state index in [0.717, 1.165) is 0 Å². The van der Waals surface area contributed by atoms with Crippen molar-refractivity contribution < 1.29 is 19.2 Å². The minimum absolute atomic E-state index is 0.123. The molecule has 2 aromatic rings. The molecule has 9 nitrogen and oxygen atoms in total.